The third-order valence-electron chi connectivity index (χ3n) is 1.58. The van der Waals surface area contributed by atoms with Crippen molar-refractivity contribution >= 4 is 6.16 Å². The van der Waals surface area contributed by atoms with Crippen molar-refractivity contribution in [3.63, 3.8) is 0 Å². The van der Waals surface area contributed by atoms with Crippen LogP contribution in [-0.2, 0) is 0 Å². The van der Waals surface area contributed by atoms with E-state index >= 15 is 0 Å². The first-order valence-corrected chi connectivity index (χ1v) is 3.69. The topological polar surface area (TPSA) is 55.8 Å². The Morgan fingerprint density at radius 1 is 1.46 bits per heavy atom. The molecule has 0 saturated heterocycles. The van der Waals surface area contributed by atoms with Crippen LogP contribution in [0.4, 0.5) is 4.79 Å². The molecule has 0 aliphatic heterocycles. The van der Waals surface area contributed by atoms with Crippen LogP contribution >= 0.6 is 0 Å². The standard InChI is InChI=1S/C9H10O4/c1-6-4-3-5-7(8(6)12-2)13-9(10)11/h3-5H,1-2H3,(H,10,11). The van der Waals surface area contributed by atoms with Gasteiger partial charge < -0.3 is 14.6 Å². The largest absolute Gasteiger partial charge is 0.511 e. The van der Waals surface area contributed by atoms with E-state index in [1.807, 2.05) is 13.0 Å². The molecule has 1 aromatic rings. The molecule has 4 nitrogen and oxygen atoms in total. The first-order chi connectivity index (χ1) is 6.15. The van der Waals surface area contributed by atoms with Crippen LogP contribution in [-0.4, -0.2) is 18.4 Å². The van der Waals surface area contributed by atoms with E-state index in [0.29, 0.717) is 5.75 Å². The van der Waals surface area contributed by atoms with E-state index in [1.165, 1.54) is 7.11 Å². The minimum Gasteiger partial charge on any atom is -0.493 e. The van der Waals surface area contributed by atoms with Gasteiger partial charge in [0.05, 0.1) is 7.11 Å². The van der Waals surface area contributed by atoms with Crippen LogP contribution in [0.25, 0.3) is 0 Å². The molecular formula is C9H10O4. The average molecular weight is 182 g/mol. The van der Waals surface area contributed by atoms with Crippen LogP contribution in [0.2, 0.25) is 0 Å². The highest BCUT2D eigenvalue weighted by molar-refractivity contribution is 5.63. The third kappa shape index (κ3) is 2.11. The van der Waals surface area contributed by atoms with Gasteiger partial charge in [-0.1, -0.05) is 12.1 Å². The smallest absolute Gasteiger partial charge is 0.493 e. The molecule has 0 radical (unpaired) electrons. The Morgan fingerprint density at radius 2 is 2.15 bits per heavy atom. The van der Waals surface area contributed by atoms with Crippen molar-refractivity contribution in [3.8, 4) is 11.5 Å². The van der Waals surface area contributed by atoms with Crippen LogP contribution in [0.15, 0.2) is 18.2 Å². The highest BCUT2D eigenvalue weighted by atomic mass is 16.7. The molecule has 70 valence electrons. The fourth-order valence-electron chi connectivity index (χ4n) is 1.06. The molecule has 0 fully saturated rings. The lowest BCUT2D eigenvalue weighted by molar-refractivity contribution is 0.142. The van der Waals surface area contributed by atoms with Gasteiger partial charge in [-0.25, -0.2) is 4.79 Å². The molecule has 0 aliphatic rings. The second kappa shape index (κ2) is 3.80. The zero-order valence-electron chi connectivity index (χ0n) is 7.40. The monoisotopic (exact) mass is 182 g/mol. The molecule has 0 bridgehead atoms. The molecule has 0 aliphatic carbocycles. The Hall–Kier alpha value is -1.71. The second-order valence-electron chi connectivity index (χ2n) is 2.47. The average Bonchev–Trinajstić information content (AvgIpc) is 2.03. The lowest BCUT2D eigenvalue weighted by atomic mass is 10.2. The van der Waals surface area contributed by atoms with Crippen molar-refractivity contribution in [1.29, 1.82) is 0 Å². The van der Waals surface area contributed by atoms with Gasteiger partial charge in [-0.3, -0.25) is 0 Å². The van der Waals surface area contributed by atoms with E-state index in [-0.39, 0.29) is 5.75 Å². The van der Waals surface area contributed by atoms with Gasteiger partial charge in [0, 0.05) is 0 Å². The predicted octanol–water partition coefficient (Wildman–Crippen LogP) is 2.06. The SMILES string of the molecule is COc1c(C)cccc1OC(=O)O. The van der Waals surface area contributed by atoms with E-state index in [2.05, 4.69) is 4.74 Å². The van der Waals surface area contributed by atoms with Crippen molar-refractivity contribution in [2.24, 2.45) is 0 Å². The summed E-state index contributed by atoms with van der Waals surface area (Å²) in [7, 11) is 1.47. The summed E-state index contributed by atoms with van der Waals surface area (Å²) in [4.78, 5) is 10.3. The number of methoxy groups -OCH3 is 1. The minimum absolute atomic E-state index is 0.218. The molecule has 0 atom stereocenters. The number of benzene rings is 1. The van der Waals surface area contributed by atoms with E-state index in [0.717, 1.165) is 5.56 Å². The molecule has 1 N–H and O–H groups in total. The molecule has 0 aromatic heterocycles. The van der Waals surface area contributed by atoms with Gasteiger partial charge in [-0.05, 0) is 18.6 Å². The van der Waals surface area contributed by atoms with Crippen LogP contribution in [0.5, 0.6) is 11.5 Å². The maximum Gasteiger partial charge on any atom is 0.511 e. The third-order valence-corrected chi connectivity index (χ3v) is 1.58. The van der Waals surface area contributed by atoms with Crippen molar-refractivity contribution in [2.75, 3.05) is 7.11 Å². The van der Waals surface area contributed by atoms with Crippen LogP contribution in [0.3, 0.4) is 0 Å². The van der Waals surface area contributed by atoms with Gasteiger partial charge in [0.25, 0.3) is 0 Å². The summed E-state index contributed by atoms with van der Waals surface area (Å²) in [5, 5.41) is 8.40. The Bertz CT molecular complexity index is 319. The van der Waals surface area contributed by atoms with Crippen LogP contribution < -0.4 is 9.47 Å². The van der Waals surface area contributed by atoms with Crippen molar-refractivity contribution < 1.29 is 19.4 Å². The lowest BCUT2D eigenvalue weighted by Gasteiger charge is -2.08. The number of para-hydroxylation sites is 1. The van der Waals surface area contributed by atoms with Gasteiger partial charge in [-0.15, -0.1) is 0 Å². The maximum absolute atomic E-state index is 10.3. The number of carbonyl (C=O) groups is 1. The normalized spacial score (nSPS) is 9.38. The van der Waals surface area contributed by atoms with Gasteiger partial charge in [0.1, 0.15) is 0 Å². The molecule has 1 aromatic carbocycles. The Kier molecular flexibility index (Phi) is 2.74. The zero-order chi connectivity index (χ0) is 9.84. The number of ether oxygens (including phenoxy) is 2. The van der Waals surface area contributed by atoms with Gasteiger partial charge >= 0.3 is 6.16 Å². The van der Waals surface area contributed by atoms with Gasteiger partial charge in [0.15, 0.2) is 11.5 Å². The predicted molar refractivity (Wildman–Crippen MR) is 46.4 cm³/mol. The first kappa shape index (κ1) is 9.38. The maximum atomic E-state index is 10.3. The molecule has 0 unspecified atom stereocenters. The summed E-state index contributed by atoms with van der Waals surface area (Å²) in [6.07, 6.45) is -1.34. The van der Waals surface area contributed by atoms with Gasteiger partial charge in [-0.2, -0.15) is 0 Å². The highest BCUT2D eigenvalue weighted by Gasteiger charge is 2.09. The molecular weight excluding hydrogens is 172 g/mol. The molecule has 0 heterocycles. The number of carboxylic acid groups (broad SMARTS) is 1. The Morgan fingerprint density at radius 3 is 2.69 bits per heavy atom. The van der Waals surface area contributed by atoms with Crippen LogP contribution in [0, 0.1) is 6.92 Å². The molecule has 13 heavy (non-hydrogen) atoms. The van der Waals surface area contributed by atoms with Gasteiger partial charge in [0.2, 0.25) is 0 Å². The fourth-order valence-corrected chi connectivity index (χ4v) is 1.06. The highest BCUT2D eigenvalue weighted by Crippen LogP contribution is 2.30. The lowest BCUT2D eigenvalue weighted by Crippen LogP contribution is -2.04. The number of hydrogen-bond acceptors (Lipinski definition) is 3. The molecule has 0 amide bonds. The second-order valence-corrected chi connectivity index (χ2v) is 2.47. The summed E-state index contributed by atoms with van der Waals surface area (Å²) in [5.74, 6) is 0.667. The summed E-state index contributed by atoms with van der Waals surface area (Å²) < 4.78 is 9.50. The minimum atomic E-state index is -1.34. The van der Waals surface area contributed by atoms with E-state index in [4.69, 9.17) is 9.84 Å². The molecule has 0 saturated carbocycles. The first-order valence-electron chi connectivity index (χ1n) is 3.69. The molecule has 1 rings (SSSR count). The Labute approximate surface area is 75.7 Å². The van der Waals surface area contributed by atoms with Crippen molar-refractivity contribution in [1.82, 2.24) is 0 Å². The van der Waals surface area contributed by atoms with E-state index < -0.39 is 6.16 Å². The zero-order valence-corrected chi connectivity index (χ0v) is 7.40. The van der Waals surface area contributed by atoms with Crippen LogP contribution in [0.1, 0.15) is 5.56 Å². The van der Waals surface area contributed by atoms with E-state index in [9.17, 15) is 4.79 Å². The summed E-state index contributed by atoms with van der Waals surface area (Å²) in [6, 6.07) is 5.06. The quantitative estimate of drug-likeness (QED) is 0.561. The van der Waals surface area contributed by atoms with E-state index in [1.54, 1.807) is 12.1 Å². The number of aryl methyl sites for hydroxylation is 1. The Balaban J connectivity index is 3.05. The summed E-state index contributed by atoms with van der Waals surface area (Å²) in [5.41, 5.74) is 0.834. The summed E-state index contributed by atoms with van der Waals surface area (Å²) in [6.45, 7) is 1.81. The number of rotatable bonds is 2. The van der Waals surface area contributed by atoms with Crippen molar-refractivity contribution in [3.05, 3.63) is 23.8 Å². The molecule has 0 spiro atoms. The number of hydrogen-bond donors (Lipinski definition) is 1. The summed E-state index contributed by atoms with van der Waals surface area (Å²) >= 11 is 0. The molecule has 4 heteroatoms. The fraction of sp³-hybridized carbons (Fsp3) is 0.222. The van der Waals surface area contributed by atoms with Crippen molar-refractivity contribution in [2.45, 2.75) is 6.92 Å².